The van der Waals surface area contributed by atoms with Crippen LogP contribution in [0.3, 0.4) is 0 Å². The van der Waals surface area contributed by atoms with E-state index in [-0.39, 0.29) is 11.1 Å². The molecule has 28 heavy (non-hydrogen) atoms. The topological polar surface area (TPSA) is 123 Å². The summed E-state index contributed by atoms with van der Waals surface area (Å²) in [5.74, 6) is -0.993. The van der Waals surface area contributed by atoms with Crippen LogP contribution in [0.25, 0.3) is 11.1 Å². The van der Waals surface area contributed by atoms with Crippen molar-refractivity contribution in [2.75, 3.05) is 0 Å². The van der Waals surface area contributed by atoms with Crippen molar-refractivity contribution in [1.29, 1.82) is 5.26 Å². The number of aromatic nitrogens is 1. The van der Waals surface area contributed by atoms with Gasteiger partial charge in [-0.2, -0.15) is 9.65 Å². The predicted molar refractivity (Wildman–Crippen MR) is 98.8 cm³/mol. The Morgan fingerprint density at radius 2 is 1.57 bits per heavy atom. The second-order valence-corrected chi connectivity index (χ2v) is 5.51. The molecule has 0 atom stereocenters. The van der Waals surface area contributed by atoms with E-state index in [1.165, 1.54) is 18.3 Å². The molecule has 0 aliphatic carbocycles. The van der Waals surface area contributed by atoms with Crippen LogP contribution in [0.1, 0.15) is 11.1 Å². The van der Waals surface area contributed by atoms with Crippen molar-refractivity contribution in [3.05, 3.63) is 98.1 Å². The van der Waals surface area contributed by atoms with Crippen LogP contribution in [-0.4, -0.2) is 14.8 Å². The Kier molecular flexibility index (Phi) is 6.44. The van der Waals surface area contributed by atoms with Gasteiger partial charge < -0.3 is 0 Å². The van der Waals surface area contributed by atoms with Crippen molar-refractivity contribution in [2.24, 2.45) is 0 Å². The first kappa shape index (κ1) is 20.1. The highest BCUT2D eigenvalue weighted by atomic mass is 19.1. The maximum Gasteiger partial charge on any atom is 0.284 e. The van der Waals surface area contributed by atoms with E-state index in [1.807, 2.05) is 24.3 Å². The molecule has 0 saturated carbocycles. The minimum atomic E-state index is -0.993. The Bertz CT molecular complexity index is 1030. The highest BCUT2D eigenvalue weighted by Crippen LogP contribution is 2.38. The lowest BCUT2D eigenvalue weighted by molar-refractivity contribution is -0.392. The van der Waals surface area contributed by atoms with Crippen molar-refractivity contribution in [1.82, 2.24) is 4.98 Å². The van der Waals surface area contributed by atoms with Crippen molar-refractivity contribution in [3.63, 3.8) is 0 Å². The summed E-state index contributed by atoms with van der Waals surface area (Å²) in [6, 6.07) is 15.8. The average Bonchev–Trinajstić information content (AvgIpc) is 2.70. The molecule has 9 heteroatoms. The van der Waals surface area contributed by atoms with Gasteiger partial charge in [-0.1, -0.05) is 18.2 Å². The number of nitro groups is 2. The number of nitriles is 1. The van der Waals surface area contributed by atoms with Crippen LogP contribution in [-0.2, 0) is 0 Å². The number of rotatable bonds is 3. The van der Waals surface area contributed by atoms with Gasteiger partial charge in [0, 0.05) is 18.3 Å². The van der Waals surface area contributed by atoms with Crippen LogP contribution < -0.4 is 0 Å². The van der Waals surface area contributed by atoms with E-state index in [1.54, 1.807) is 19.1 Å². The highest BCUT2D eigenvalue weighted by molar-refractivity contribution is 5.82. The van der Waals surface area contributed by atoms with E-state index in [0.717, 1.165) is 12.1 Å². The summed E-state index contributed by atoms with van der Waals surface area (Å²) in [6.07, 6.45) is 1.24. The molecule has 0 amide bonds. The lowest BCUT2D eigenvalue weighted by atomic mass is 10.0. The van der Waals surface area contributed by atoms with Gasteiger partial charge in [-0.15, -0.1) is 0 Å². The van der Waals surface area contributed by atoms with Gasteiger partial charge in [0.05, 0.1) is 27.0 Å². The van der Waals surface area contributed by atoms with Crippen LogP contribution in [0.2, 0.25) is 0 Å². The minimum absolute atomic E-state index is 0.260. The number of hydrogen-bond acceptors (Lipinski definition) is 6. The molecule has 1 aromatic heterocycles. The number of nitro benzene ring substituents is 2. The van der Waals surface area contributed by atoms with Gasteiger partial charge in [0.1, 0.15) is 5.56 Å². The molecule has 8 nitrogen and oxygen atoms in total. The number of benzene rings is 2. The summed E-state index contributed by atoms with van der Waals surface area (Å²) in [6.45, 7) is 1.61. The van der Waals surface area contributed by atoms with Crippen LogP contribution >= 0.6 is 0 Å². The Hall–Kier alpha value is -4.19. The predicted octanol–water partition coefficient (Wildman–Crippen LogP) is 4.57. The summed E-state index contributed by atoms with van der Waals surface area (Å²) in [4.78, 5) is 23.9. The SMILES string of the molecule is Cc1cnc(F)c(-c2c([N+](=O)[O-])cccc2[N+](=O)[O-])c1.N#Cc1ccccc1. The van der Waals surface area contributed by atoms with Gasteiger partial charge in [-0.25, -0.2) is 4.98 Å². The number of nitrogens with zero attached hydrogens (tertiary/aromatic N) is 4. The Labute approximate surface area is 158 Å². The standard InChI is InChI=1S/C12H8FN3O4.C7H5N/c1-7-5-8(12(13)14-6-7)11-9(15(17)18)3-2-4-10(11)16(19)20;8-6-7-4-2-1-3-5-7/h2-6H,1H3;1-5H. The highest BCUT2D eigenvalue weighted by Gasteiger charge is 2.28. The van der Waals surface area contributed by atoms with Gasteiger partial charge in [0.2, 0.25) is 5.95 Å². The molecular weight excluding hydrogens is 367 g/mol. The zero-order chi connectivity index (χ0) is 20.7. The van der Waals surface area contributed by atoms with Crippen LogP contribution in [0.5, 0.6) is 0 Å². The molecule has 3 rings (SSSR count). The number of pyridine rings is 1. The van der Waals surface area contributed by atoms with Crippen LogP contribution in [0.15, 0.2) is 60.8 Å². The first-order valence-electron chi connectivity index (χ1n) is 7.84. The molecule has 140 valence electrons. The van der Waals surface area contributed by atoms with E-state index >= 15 is 0 Å². The Morgan fingerprint density at radius 1 is 1.00 bits per heavy atom. The van der Waals surface area contributed by atoms with Gasteiger partial charge >= 0.3 is 0 Å². The zero-order valence-electron chi connectivity index (χ0n) is 14.6. The third-order valence-electron chi connectivity index (χ3n) is 3.56. The lowest BCUT2D eigenvalue weighted by Crippen LogP contribution is -2.00. The van der Waals surface area contributed by atoms with Crippen molar-refractivity contribution >= 4 is 11.4 Å². The molecule has 0 unspecified atom stereocenters. The van der Waals surface area contributed by atoms with E-state index < -0.39 is 27.2 Å². The first-order valence-corrected chi connectivity index (χ1v) is 7.84. The largest absolute Gasteiger partial charge is 0.284 e. The smallest absolute Gasteiger partial charge is 0.258 e. The second kappa shape index (κ2) is 8.95. The molecule has 1 heterocycles. The van der Waals surface area contributed by atoms with Gasteiger partial charge in [-0.05, 0) is 36.8 Å². The number of aryl methyl sites for hydroxylation is 1. The maximum atomic E-state index is 13.8. The second-order valence-electron chi connectivity index (χ2n) is 5.51. The van der Waals surface area contributed by atoms with E-state index in [0.29, 0.717) is 11.1 Å². The Morgan fingerprint density at radius 3 is 2.04 bits per heavy atom. The summed E-state index contributed by atoms with van der Waals surface area (Å²) in [7, 11) is 0. The molecule has 3 aromatic rings. The fraction of sp³-hybridized carbons (Fsp3) is 0.0526. The van der Waals surface area contributed by atoms with Gasteiger partial charge in [0.15, 0.2) is 0 Å². The zero-order valence-corrected chi connectivity index (χ0v) is 14.6. The molecule has 0 bridgehead atoms. The molecule has 0 N–H and O–H groups in total. The third kappa shape index (κ3) is 4.70. The average molecular weight is 380 g/mol. The summed E-state index contributed by atoms with van der Waals surface area (Å²) in [5.41, 5.74) is -0.461. The van der Waals surface area contributed by atoms with Crippen LogP contribution in [0.4, 0.5) is 15.8 Å². The van der Waals surface area contributed by atoms with Crippen molar-refractivity contribution < 1.29 is 14.2 Å². The fourth-order valence-electron chi connectivity index (χ4n) is 2.35. The summed E-state index contributed by atoms with van der Waals surface area (Å²) >= 11 is 0. The number of hydrogen-bond donors (Lipinski definition) is 0. The molecular formula is C19H13FN4O4. The van der Waals surface area contributed by atoms with E-state index in [9.17, 15) is 24.6 Å². The maximum absolute atomic E-state index is 13.8. The molecule has 0 saturated heterocycles. The molecule has 0 spiro atoms. The van der Waals surface area contributed by atoms with Gasteiger partial charge in [-0.3, -0.25) is 20.2 Å². The van der Waals surface area contributed by atoms with E-state index in [2.05, 4.69) is 4.98 Å². The van der Waals surface area contributed by atoms with Gasteiger partial charge in [0.25, 0.3) is 11.4 Å². The molecule has 0 fully saturated rings. The Balaban J connectivity index is 0.000000292. The van der Waals surface area contributed by atoms with Crippen LogP contribution in [0, 0.1) is 44.4 Å². The molecule has 0 aliphatic rings. The number of halogens is 1. The summed E-state index contributed by atoms with van der Waals surface area (Å²) < 4.78 is 13.8. The molecule has 0 aliphatic heterocycles. The fourth-order valence-corrected chi connectivity index (χ4v) is 2.35. The third-order valence-corrected chi connectivity index (χ3v) is 3.56. The monoisotopic (exact) mass is 380 g/mol. The molecule has 0 radical (unpaired) electrons. The normalized spacial score (nSPS) is 9.61. The van der Waals surface area contributed by atoms with Crippen molar-refractivity contribution in [3.8, 4) is 17.2 Å². The first-order chi connectivity index (χ1) is 13.3. The minimum Gasteiger partial charge on any atom is -0.258 e. The summed E-state index contributed by atoms with van der Waals surface area (Å²) in [5, 5.41) is 30.3. The lowest BCUT2D eigenvalue weighted by Gasteiger charge is -2.06. The quantitative estimate of drug-likeness (QED) is 0.372. The van der Waals surface area contributed by atoms with Crippen molar-refractivity contribution in [2.45, 2.75) is 6.92 Å². The molecule has 2 aromatic carbocycles. The van der Waals surface area contributed by atoms with E-state index in [4.69, 9.17) is 5.26 Å².